The van der Waals surface area contributed by atoms with Gasteiger partial charge in [0, 0.05) is 12.3 Å². The molecule has 2 bridgehead atoms. The van der Waals surface area contributed by atoms with Crippen LogP contribution < -0.4 is 0 Å². The Morgan fingerprint density at radius 1 is 1.40 bits per heavy atom. The summed E-state index contributed by atoms with van der Waals surface area (Å²) in [6, 6.07) is 0. The van der Waals surface area contributed by atoms with Crippen LogP contribution in [-0.2, 0) is 4.79 Å². The second-order valence-electron chi connectivity index (χ2n) is 6.26. The molecule has 0 N–H and O–H groups in total. The first-order valence-electron chi connectivity index (χ1n) is 6.28. The van der Waals surface area contributed by atoms with Gasteiger partial charge in [-0.3, -0.25) is 4.79 Å². The fourth-order valence-corrected chi connectivity index (χ4v) is 4.24. The third kappa shape index (κ3) is 1.32. The number of Topliss-reactive ketones (excluding diaryl/α,β-unsaturated/α-hetero) is 1. The van der Waals surface area contributed by atoms with Crippen LogP contribution in [0.25, 0.3) is 0 Å². The predicted molar refractivity (Wildman–Crippen MR) is 60.4 cm³/mol. The molecule has 1 nitrogen and oxygen atoms in total. The highest BCUT2D eigenvalue weighted by Crippen LogP contribution is 2.56. The summed E-state index contributed by atoms with van der Waals surface area (Å²) < 4.78 is 0. The van der Waals surface area contributed by atoms with Gasteiger partial charge in [-0.1, -0.05) is 18.6 Å². The predicted octanol–water partition coefficient (Wildman–Crippen LogP) is 3.35. The highest BCUT2D eigenvalue weighted by atomic mass is 16.1. The summed E-state index contributed by atoms with van der Waals surface area (Å²) in [5, 5.41) is 0. The van der Waals surface area contributed by atoms with Crippen LogP contribution in [0, 0.1) is 23.2 Å². The highest BCUT2D eigenvalue weighted by molar-refractivity contribution is 5.83. The number of hydrogen-bond donors (Lipinski definition) is 0. The number of carbonyl (C=O) groups excluding carboxylic acids is 1. The molecule has 0 heterocycles. The topological polar surface area (TPSA) is 17.1 Å². The van der Waals surface area contributed by atoms with Gasteiger partial charge in [-0.05, 0) is 49.9 Å². The highest BCUT2D eigenvalue weighted by Gasteiger charge is 2.50. The van der Waals surface area contributed by atoms with E-state index in [1.165, 1.54) is 19.3 Å². The average Bonchev–Trinajstić information content (AvgIpc) is 2.16. The number of hydrogen-bond acceptors (Lipinski definition) is 1. The zero-order valence-corrected chi connectivity index (χ0v) is 9.75. The Hall–Kier alpha value is -0.590. The van der Waals surface area contributed by atoms with Crippen LogP contribution in [0.1, 0.15) is 46.0 Å². The minimum absolute atomic E-state index is 0.354. The number of rotatable bonds is 0. The van der Waals surface area contributed by atoms with Crippen molar-refractivity contribution in [3.8, 4) is 0 Å². The smallest absolute Gasteiger partial charge is 0.137 e. The summed E-state index contributed by atoms with van der Waals surface area (Å²) >= 11 is 0. The van der Waals surface area contributed by atoms with Gasteiger partial charge >= 0.3 is 0 Å². The van der Waals surface area contributed by atoms with Crippen LogP contribution in [0.15, 0.2) is 11.6 Å². The van der Waals surface area contributed by atoms with Gasteiger partial charge < -0.3 is 0 Å². The van der Waals surface area contributed by atoms with Gasteiger partial charge in [0.25, 0.3) is 0 Å². The molecule has 0 spiro atoms. The van der Waals surface area contributed by atoms with E-state index < -0.39 is 0 Å². The maximum absolute atomic E-state index is 12.1. The minimum atomic E-state index is 0.354. The van der Waals surface area contributed by atoms with Crippen molar-refractivity contribution in [2.45, 2.75) is 46.0 Å². The first kappa shape index (κ1) is 9.62. The van der Waals surface area contributed by atoms with Gasteiger partial charge in [0.2, 0.25) is 0 Å². The lowest BCUT2D eigenvalue weighted by molar-refractivity contribution is -0.135. The normalized spacial score (nSPS) is 48.8. The van der Waals surface area contributed by atoms with Crippen molar-refractivity contribution in [2.75, 3.05) is 0 Å². The van der Waals surface area contributed by atoms with E-state index >= 15 is 0 Å². The molecule has 0 amide bonds. The molecule has 2 fully saturated rings. The van der Waals surface area contributed by atoms with Crippen molar-refractivity contribution in [2.24, 2.45) is 23.2 Å². The van der Waals surface area contributed by atoms with Gasteiger partial charge in [-0.2, -0.15) is 0 Å². The van der Waals surface area contributed by atoms with Crippen LogP contribution in [0.5, 0.6) is 0 Å². The van der Waals surface area contributed by atoms with E-state index in [2.05, 4.69) is 19.9 Å². The molecular weight excluding hydrogens is 184 g/mol. The van der Waals surface area contributed by atoms with Crippen molar-refractivity contribution < 1.29 is 4.79 Å². The Morgan fingerprint density at radius 2 is 2.20 bits per heavy atom. The standard InChI is InChI=1S/C14H20O/c1-9-3-4-11-12-7-14(2,8-13(11)15)6-5-10(9)12/h3,10-12H,4-8H2,1-2H3/t10-,11+,12-,14-/m0/s1. The maximum Gasteiger partial charge on any atom is 0.137 e. The van der Waals surface area contributed by atoms with E-state index in [-0.39, 0.29) is 0 Å². The summed E-state index contributed by atoms with van der Waals surface area (Å²) in [6.45, 7) is 4.59. The van der Waals surface area contributed by atoms with Crippen molar-refractivity contribution in [3.05, 3.63) is 11.6 Å². The quantitative estimate of drug-likeness (QED) is 0.553. The minimum Gasteiger partial charge on any atom is -0.299 e. The second-order valence-corrected chi connectivity index (χ2v) is 6.26. The summed E-state index contributed by atoms with van der Waals surface area (Å²) in [4.78, 5) is 12.1. The third-order valence-corrected chi connectivity index (χ3v) is 5.11. The second kappa shape index (κ2) is 2.96. The summed E-state index contributed by atoms with van der Waals surface area (Å²) in [6.07, 6.45) is 8.11. The lowest BCUT2D eigenvalue weighted by Gasteiger charge is -2.51. The number of carbonyl (C=O) groups is 1. The van der Waals surface area contributed by atoms with E-state index in [1.54, 1.807) is 5.57 Å². The first-order valence-corrected chi connectivity index (χ1v) is 6.28. The van der Waals surface area contributed by atoms with E-state index in [0.717, 1.165) is 18.8 Å². The Bertz CT molecular complexity index is 339. The molecule has 0 unspecified atom stereocenters. The van der Waals surface area contributed by atoms with E-state index in [0.29, 0.717) is 23.0 Å². The fourth-order valence-electron chi connectivity index (χ4n) is 4.24. The largest absolute Gasteiger partial charge is 0.299 e. The van der Waals surface area contributed by atoms with Gasteiger partial charge in [-0.25, -0.2) is 0 Å². The average molecular weight is 204 g/mol. The van der Waals surface area contributed by atoms with E-state index in [9.17, 15) is 4.79 Å². The van der Waals surface area contributed by atoms with E-state index in [1.807, 2.05) is 0 Å². The molecule has 0 aromatic rings. The monoisotopic (exact) mass is 204 g/mol. The van der Waals surface area contributed by atoms with Crippen molar-refractivity contribution in [3.63, 3.8) is 0 Å². The van der Waals surface area contributed by atoms with Crippen molar-refractivity contribution in [1.82, 2.24) is 0 Å². The lowest BCUT2D eigenvalue weighted by atomic mass is 9.52. The SMILES string of the molecule is CC1=CC[C@H]2C(=O)C[C@@]3(C)CC[C@@H]1[C@@H]2C3. The van der Waals surface area contributed by atoms with Crippen LogP contribution in [0.4, 0.5) is 0 Å². The van der Waals surface area contributed by atoms with Crippen LogP contribution in [0.3, 0.4) is 0 Å². The molecule has 4 atom stereocenters. The zero-order valence-electron chi connectivity index (χ0n) is 9.75. The summed E-state index contributed by atoms with van der Waals surface area (Å²) in [7, 11) is 0. The summed E-state index contributed by atoms with van der Waals surface area (Å²) in [5.74, 6) is 2.37. The Morgan fingerprint density at radius 3 is 3.00 bits per heavy atom. The molecule has 3 aliphatic rings. The van der Waals surface area contributed by atoms with Crippen molar-refractivity contribution >= 4 is 5.78 Å². The molecular formula is C14H20O. The molecule has 15 heavy (non-hydrogen) atoms. The molecule has 0 radical (unpaired) electrons. The molecule has 3 aliphatic carbocycles. The third-order valence-electron chi connectivity index (χ3n) is 5.11. The molecule has 0 saturated heterocycles. The Kier molecular flexibility index (Phi) is 1.90. The molecule has 0 aromatic carbocycles. The van der Waals surface area contributed by atoms with Crippen molar-refractivity contribution in [1.29, 1.82) is 0 Å². The molecule has 82 valence electrons. The van der Waals surface area contributed by atoms with Gasteiger partial charge in [0.15, 0.2) is 0 Å². The molecule has 0 aromatic heterocycles. The molecule has 1 heteroatoms. The lowest BCUT2D eigenvalue weighted by Crippen LogP contribution is -2.47. The van der Waals surface area contributed by atoms with Gasteiger partial charge in [0.05, 0.1) is 0 Å². The van der Waals surface area contributed by atoms with Crippen LogP contribution in [0.2, 0.25) is 0 Å². The number of fused-ring (bicyclic) bond motifs is 1. The van der Waals surface area contributed by atoms with Gasteiger partial charge in [0.1, 0.15) is 5.78 Å². The first-order chi connectivity index (χ1) is 7.09. The van der Waals surface area contributed by atoms with E-state index in [4.69, 9.17) is 0 Å². The summed E-state index contributed by atoms with van der Waals surface area (Å²) in [5.41, 5.74) is 1.92. The Balaban J connectivity index is 2.00. The fraction of sp³-hybridized carbons (Fsp3) is 0.786. The van der Waals surface area contributed by atoms with Crippen LogP contribution >= 0.6 is 0 Å². The van der Waals surface area contributed by atoms with Gasteiger partial charge in [-0.15, -0.1) is 0 Å². The molecule has 2 saturated carbocycles. The number of ketones is 1. The number of allylic oxidation sites excluding steroid dienone is 2. The molecule has 3 rings (SSSR count). The Labute approximate surface area is 91.9 Å². The van der Waals surface area contributed by atoms with Crippen LogP contribution in [-0.4, -0.2) is 5.78 Å². The zero-order chi connectivity index (χ0) is 10.6. The molecule has 0 aliphatic heterocycles. The maximum atomic E-state index is 12.1.